The van der Waals surface area contributed by atoms with Crippen LogP contribution in [-0.2, 0) is 5.66 Å². The van der Waals surface area contributed by atoms with Gasteiger partial charge in [-0.15, -0.1) is 0 Å². The van der Waals surface area contributed by atoms with Gasteiger partial charge in [-0.1, -0.05) is 55.8 Å². The van der Waals surface area contributed by atoms with Crippen molar-refractivity contribution < 1.29 is 9.59 Å². The molecule has 2 aliphatic heterocycles. The fraction of sp³-hybridized carbons (Fsp3) is 0.214. The maximum Gasteiger partial charge on any atom is 0.275 e. The van der Waals surface area contributed by atoms with Crippen LogP contribution in [0.25, 0.3) is 5.69 Å². The number of aromatic nitrogens is 3. The van der Waals surface area contributed by atoms with Crippen LogP contribution in [-0.4, -0.2) is 49.5 Å². The van der Waals surface area contributed by atoms with Gasteiger partial charge in [0.1, 0.15) is 5.69 Å². The number of amides is 2. The first-order chi connectivity index (χ1) is 17.4. The normalized spacial score (nSPS) is 18.6. The third kappa shape index (κ3) is 3.12. The molecule has 6 rings (SSSR count). The number of fused-ring (bicyclic) bond motifs is 3. The van der Waals surface area contributed by atoms with Gasteiger partial charge in [-0.25, -0.2) is 4.68 Å². The lowest BCUT2D eigenvalue weighted by Gasteiger charge is -2.40. The number of hydrogen-bond donors (Lipinski definition) is 0. The number of benzene rings is 2. The van der Waals surface area contributed by atoms with Crippen molar-refractivity contribution in [2.75, 3.05) is 13.1 Å². The molecule has 0 aliphatic carbocycles. The third-order valence-corrected chi connectivity index (χ3v) is 7.28. The Morgan fingerprint density at radius 2 is 1.78 bits per heavy atom. The molecule has 4 heterocycles. The lowest BCUT2D eigenvalue weighted by Crippen LogP contribution is -2.52. The van der Waals surface area contributed by atoms with Crippen LogP contribution in [0.4, 0.5) is 0 Å². The lowest BCUT2D eigenvalue weighted by atomic mass is 9.91. The van der Waals surface area contributed by atoms with Gasteiger partial charge in [0.15, 0.2) is 5.66 Å². The van der Waals surface area contributed by atoms with Crippen molar-refractivity contribution >= 4 is 23.4 Å². The van der Waals surface area contributed by atoms with Gasteiger partial charge in [0.25, 0.3) is 11.8 Å². The molecule has 1 saturated heterocycles. The number of halogens is 1. The molecule has 8 heteroatoms. The summed E-state index contributed by atoms with van der Waals surface area (Å²) >= 11 is 6.22. The molecule has 2 aliphatic rings. The van der Waals surface area contributed by atoms with Crippen LogP contribution >= 0.6 is 11.6 Å². The summed E-state index contributed by atoms with van der Waals surface area (Å²) in [6.45, 7) is 4.88. The minimum Gasteiger partial charge on any atom is -0.306 e. The summed E-state index contributed by atoms with van der Waals surface area (Å²) in [5.41, 5.74) is 2.98. The number of pyridine rings is 1. The predicted molar refractivity (Wildman–Crippen MR) is 136 cm³/mol. The quantitative estimate of drug-likeness (QED) is 0.404. The number of nitrogens with zero attached hydrogens (tertiary/aromatic N) is 5. The van der Waals surface area contributed by atoms with Gasteiger partial charge in [-0.05, 0) is 42.3 Å². The Kier molecular flexibility index (Phi) is 5.19. The van der Waals surface area contributed by atoms with E-state index in [9.17, 15) is 9.59 Å². The second-order valence-corrected chi connectivity index (χ2v) is 9.81. The molecule has 2 aromatic carbocycles. The molecule has 7 nitrogen and oxygen atoms in total. The topological polar surface area (TPSA) is 71.3 Å². The van der Waals surface area contributed by atoms with E-state index in [0.29, 0.717) is 34.9 Å². The van der Waals surface area contributed by atoms with Gasteiger partial charge >= 0.3 is 0 Å². The first-order valence-corrected chi connectivity index (χ1v) is 12.3. The van der Waals surface area contributed by atoms with E-state index in [1.807, 2.05) is 48.5 Å². The predicted octanol–water partition coefficient (Wildman–Crippen LogP) is 4.86. The molecule has 36 heavy (non-hydrogen) atoms. The third-order valence-electron chi connectivity index (χ3n) is 7.03. The zero-order valence-electron chi connectivity index (χ0n) is 19.9. The van der Waals surface area contributed by atoms with Crippen LogP contribution in [0.5, 0.6) is 0 Å². The number of carbonyl (C=O) groups excluding carboxylic acids is 2. The molecule has 1 atom stereocenters. The van der Waals surface area contributed by atoms with E-state index in [2.05, 4.69) is 18.8 Å². The Labute approximate surface area is 213 Å². The van der Waals surface area contributed by atoms with Gasteiger partial charge in [0.05, 0.1) is 16.9 Å². The smallest absolute Gasteiger partial charge is 0.275 e. The maximum absolute atomic E-state index is 14.5. The van der Waals surface area contributed by atoms with E-state index in [-0.39, 0.29) is 17.7 Å². The highest BCUT2D eigenvalue weighted by Gasteiger charge is 2.60. The van der Waals surface area contributed by atoms with Gasteiger partial charge in [-0.3, -0.25) is 14.6 Å². The SMILES string of the molecule is CC(C)c1cc(C(=O)N2CCN3C(=O)c4ccncc4C32c2ccc(Cl)cc2)n(-c2ccccc2)n1. The molecular weight excluding hydrogens is 474 g/mol. The summed E-state index contributed by atoms with van der Waals surface area (Å²) in [5.74, 6) is -0.183. The molecule has 0 saturated carbocycles. The molecule has 0 N–H and O–H groups in total. The van der Waals surface area contributed by atoms with Crippen LogP contribution in [0.15, 0.2) is 79.1 Å². The van der Waals surface area contributed by atoms with Crippen molar-refractivity contribution in [2.24, 2.45) is 0 Å². The monoisotopic (exact) mass is 497 g/mol. The second-order valence-electron chi connectivity index (χ2n) is 9.37. The molecule has 1 fully saturated rings. The Hall–Kier alpha value is -3.97. The van der Waals surface area contributed by atoms with E-state index >= 15 is 0 Å². The van der Waals surface area contributed by atoms with Crippen LogP contribution < -0.4 is 0 Å². The van der Waals surface area contributed by atoms with Crippen LogP contribution in [0.3, 0.4) is 0 Å². The lowest BCUT2D eigenvalue weighted by molar-refractivity contribution is 0.0369. The van der Waals surface area contributed by atoms with Crippen molar-refractivity contribution in [3.63, 3.8) is 0 Å². The first kappa shape index (κ1) is 22.5. The van der Waals surface area contributed by atoms with Gasteiger partial charge in [0.2, 0.25) is 0 Å². The molecule has 1 unspecified atom stereocenters. The standard InChI is InChI=1S/C28H24ClN5O2/c1-18(2)24-16-25(34(31-24)21-6-4-3-5-7-21)27(36)33-15-14-32-26(35)22-12-13-30-17-23(22)28(32,33)19-8-10-20(29)11-9-19/h3-13,16-18H,14-15H2,1-2H3. The first-order valence-electron chi connectivity index (χ1n) is 11.9. The minimum atomic E-state index is -1.12. The Morgan fingerprint density at radius 1 is 1.03 bits per heavy atom. The van der Waals surface area contributed by atoms with E-state index in [1.165, 1.54) is 0 Å². The van der Waals surface area contributed by atoms with Crippen LogP contribution in [0.1, 0.15) is 57.4 Å². The van der Waals surface area contributed by atoms with Crippen molar-refractivity contribution in [2.45, 2.75) is 25.4 Å². The fourth-order valence-corrected chi connectivity index (χ4v) is 5.47. The van der Waals surface area contributed by atoms with Crippen molar-refractivity contribution in [1.29, 1.82) is 0 Å². The molecule has 0 bridgehead atoms. The number of rotatable bonds is 4. The molecule has 0 radical (unpaired) electrons. The summed E-state index contributed by atoms with van der Waals surface area (Å²) in [4.78, 5) is 35.9. The number of carbonyl (C=O) groups is 2. The summed E-state index contributed by atoms with van der Waals surface area (Å²) < 4.78 is 1.71. The fourth-order valence-electron chi connectivity index (χ4n) is 5.35. The highest BCUT2D eigenvalue weighted by Crippen LogP contribution is 2.50. The maximum atomic E-state index is 14.5. The molecular formula is C28H24ClN5O2. The minimum absolute atomic E-state index is 0.114. The molecule has 4 aromatic rings. The van der Waals surface area contributed by atoms with Crippen molar-refractivity contribution in [1.82, 2.24) is 24.6 Å². The molecule has 2 aromatic heterocycles. The van der Waals surface area contributed by atoms with Crippen LogP contribution in [0, 0.1) is 0 Å². The van der Waals surface area contributed by atoms with E-state index < -0.39 is 5.66 Å². The Balaban J connectivity index is 1.57. The van der Waals surface area contributed by atoms with Crippen molar-refractivity contribution in [3.8, 4) is 5.69 Å². The van der Waals surface area contributed by atoms with Gasteiger partial charge in [0, 0.05) is 41.6 Å². The average molecular weight is 498 g/mol. The largest absolute Gasteiger partial charge is 0.306 e. The molecule has 180 valence electrons. The van der Waals surface area contributed by atoms with Gasteiger partial charge in [-0.2, -0.15) is 5.10 Å². The number of hydrogen-bond acceptors (Lipinski definition) is 4. The number of para-hydroxylation sites is 1. The average Bonchev–Trinajstić information content (AvgIpc) is 3.58. The highest BCUT2D eigenvalue weighted by atomic mass is 35.5. The van der Waals surface area contributed by atoms with Crippen LogP contribution in [0.2, 0.25) is 5.02 Å². The van der Waals surface area contributed by atoms with Crippen molar-refractivity contribution in [3.05, 3.63) is 112 Å². The van der Waals surface area contributed by atoms with E-state index in [1.54, 1.807) is 45.1 Å². The summed E-state index contributed by atoms with van der Waals surface area (Å²) in [6.07, 6.45) is 3.31. The molecule has 2 amide bonds. The second kappa shape index (κ2) is 8.31. The Bertz CT molecular complexity index is 1480. The van der Waals surface area contributed by atoms with E-state index in [0.717, 1.165) is 16.9 Å². The summed E-state index contributed by atoms with van der Waals surface area (Å²) in [7, 11) is 0. The highest BCUT2D eigenvalue weighted by molar-refractivity contribution is 6.30. The van der Waals surface area contributed by atoms with Gasteiger partial charge < -0.3 is 9.80 Å². The Morgan fingerprint density at radius 3 is 2.50 bits per heavy atom. The van der Waals surface area contributed by atoms with E-state index in [4.69, 9.17) is 16.7 Å². The zero-order valence-corrected chi connectivity index (χ0v) is 20.7. The molecule has 0 spiro atoms. The summed E-state index contributed by atoms with van der Waals surface area (Å²) in [5, 5.41) is 5.36. The zero-order chi connectivity index (χ0) is 25.0. The summed E-state index contributed by atoms with van der Waals surface area (Å²) in [6, 6.07) is 20.5.